The summed E-state index contributed by atoms with van der Waals surface area (Å²) in [5.74, 6) is 0.624. The Morgan fingerprint density at radius 1 is 1.21 bits per heavy atom. The van der Waals surface area contributed by atoms with Crippen molar-refractivity contribution in [1.29, 1.82) is 5.26 Å². The molecule has 29 heavy (non-hydrogen) atoms. The van der Waals surface area contributed by atoms with Crippen molar-refractivity contribution >= 4 is 16.8 Å². The van der Waals surface area contributed by atoms with Crippen molar-refractivity contribution in [3.8, 4) is 11.8 Å². The van der Waals surface area contributed by atoms with Gasteiger partial charge in [-0.1, -0.05) is 43.2 Å². The SMILES string of the molecule is COc1ccc(C(CNC(=O)C2(C#N)CCCC2)c2c[nH]c3ccccc23)cc1. The fourth-order valence-corrected chi connectivity index (χ4v) is 4.36. The largest absolute Gasteiger partial charge is 0.497 e. The lowest BCUT2D eigenvalue weighted by Gasteiger charge is -2.23. The highest BCUT2D eigenvalue weighted by Gasteiger charge is 2.41. The summed E-state index contributed by atoms with van der Waals surface area (Å²) in [4.78, 5) is 16.2. The van der Waals surface area contributed by atoms with E-state index in [2.05, 4.69) is 22.4 Å². The summed E-state index contributed by atoms with van der Waals surface area (Å²) in [5.41, 5.74) is 2.42. The number of benzene rings is 2. The number of H-pyrrole nitrogens is 1. The van der Waals surface area contributed by atoms with E-state index in [1.165, 1.54) is 0 Å². The van der Waals surface area contributed by atoms with Crippen LogP contribution in [0.15, 0.2) is 54.7 Å². The second kappa shape index (κ2) is 8.00. The van der Waals surface area contributed by atoms with Crippen molar-refractivity contribution in [3.05, 3.63) is 65.9 Å². The van der Waals surface area contributed by atoms with Crippen molar-refractivity contribution in [3.63, 3.8) is 0 Å². The van der Waals surface area contributed by atoms with Gasteiger partial charge in [0.2, 0.25) is 5.91 Å². The fourth-order valence-electron chi connectivity index (χ4n) is 4.36. The van der Waals surface area contributed by atoms with E-state index in [1.54, 1.807) is 7.11 Å². The van der Waals surface area contributed by atoms with E-state index >= 15 is 0 Å². The molecule has 148 valence electrons. The Bertz CT molecular complexity index is 1040. The number of fused-ring (bicyclic) bond motifs is 1. The van der Waals surface area contributed by atoms with Gasteiger partial charge in [0, 0.05) is 29.6 Å². The summed E-state index contributed by atoms with van der Waals surface area (Å²) >= 11 is 0. The average Bonchev–Trinajstić information content (AvgIpc) is 3.42. The van der Waals surface area contributed by atoms with Crippen LogP contribution in [-0.4, -0.2) is 24.5 Å². The van der Waals surface area contributed by atoms with E-state index in [4.69, 9.17) is 4.74 Å². The standard InChI is InChI=1S/C24H25N3O2/c1-29-18-10-8-17(9-11-18)20(21-15-26-22-7-3-2-6-19(21)22)14-27-23(28)24(16-25)12-4-5-13-24/h2-3,6-11,15,20,26H,4-5,12-14H2,1H3,(H,27,28). The molecule has 1 aliphatic carbocycles. The maximum Gasteiger partial charge on any atom is 0.240 e. The number of para-hydroxylation sites is 1. The third kappa shape index (κ3) is 3.58. The van der Waals surface area contributed by atoms with E-state index in [-0.39, 0.29) is 11.8 Å². The molecule has 5 heteroatoms. The van der Waals surface area contributed by atoms with Crippen molar-refractivity contribution < 1.29 is 9.53 Å². The molecule has 0 aliphatic heterocycles. The molecule has 0 spiro atoms. The third-order valence-corrected chi connectivity index (χ3v) is 6.09. The lowest BCUT2D eigenvalue weighted by molar-refractivity contribution is -0.127. The molecule has 1 unspecified atom stereocenters. The summed E-state index contributed by atoms with van der Waals surface area (Å²) in [6.45, 7) is 0.441. The Hall–Kier alpha value is -3.26. The number of aromatic amines is 1. The Kier molecular flexibility index (Phi) is 5.26. The monoisotopic (exact) mass is 387 g/mol. The van der Waals surface area contributed by atoms with Gasteiger partial charge in [-0.15, -0.1) is 0 Å². The number of nitrogens with zero attached hydrogens (tertiary/aromatic N) is 1. The molecule has 2 aromatic carbocycles. The van der Waals surface area contributed by atoms with Crippen LogP contribution < -0.4 is 10.1 Å². The number of hydrogen-bond donors (Lipinski definition) is 2. The summed E-state index contributed by atoms with van der Waals surface area (Å²) in [7, 11) is 1.65. The molecular weight excluding hydrogens is 362 g/mol. The minimum Gasteiger partial charge on any atom is -0.497 e. The van der Waals surface area contributed by atoms with E-state index in [0.717, 1.165) is 40.6 Å². The first-order valence-electron chi connectivity index (χ1n) is 10.1. The molecule has 5 nitrogen and oxygen atoms in total. The predicted octanol–water partition coefficient (Wildman–Crippen LogP) is 4.51. The molecule has 1 aliphatic rings. The molecule has 0 bridgehead atoms. The molecule has 1 heterocycles. The van der Waals surface area contributed by atoms with Gasteiger partial charge in [-0.05, 0) is 42.2 Å². The number of hydrogen-bond acceptors (Lipinski definition) is 3. The zero-order valence-electron chi connectivity index (χ0n) is 16.6. The summed E-state index contributed by atoms with van der Waals surface area (Å²) in [5, 5.41) is 13.8. The van der Waals surface area contributed by atoms with Crippen LogP contribution in [0.3, 0.4) is 0 Å². The number of carbonyl (C=O) groups excluding carboxylic acids is 1. The summed E-state index contributed by atoms with van der Waals surface area (Å²) in [6, 6.07) is 18.4. The average molecular weight is 387 g/mol. The number of aromatic nitrogens is 1. The number of ether oxygens (including phenoxy) is 1. The highest BCUT2D eigenvalue weighted by atomic mass is 16.5. The Balaban J connectivity index is 1.65. The number of methoxy groups -OCH3 is 1. The van der Waals surface area contributed by atoms with Gasteiger partial charge >= 0.3 is 0 Å². The molecular formula is C24H25N3O2. The van der Waals surface area contributed by atoms with Gasteiger partial charge in [-0.25, -0.2) is 0 Å². The minimum atomic E-state index is -0.870. The van der Waals surface area contributed by atoms with Crippen LogP contribution in [0.4, 0.5) is 0 Å². The smallest absolute Gasteiger partial charge is 0.240 e. The third-order valence-electron chi connectivity index (χ3n) is 6.09. The molecule has 1 atom stereocenters. The highest BCUT2D eigenvalue weighted by Crippen LogP contribution is 2.38. The van der Waals surface area contributed by atoms with Crippen LogP contribution in [0, 0.1) is 16.7 Å². The Morgan fingerprint density at radius 2 is 1.93 bits per heavy atom. The maximum absolute atomic E-state index is 12.9. The van der Waals surface area contributed by atoms with Gasteiger partial charge in [-0.2, -0.15) is 5.26 Å². The normalized spacial score (nSPS) is 16.3. The van der Waals surface area contributed by atoms with Gasteiger partial charge in [0.25, 0.3) is 0 Å². The Labute approximate surface area is 170 Å². The maximum atomic E-state index is 12.9. The second-order valence-electron chi connectivity index (χ2n) is 7.73. The lowest BCUT2D eigenvalue weighted by Crippen LogP contribution is -2.40. The molecule has 1 aromatic heterocycles. The van der Waals surface area contributed by atoms with Crippen molar-refractivity contribution in [2.75, 3.05) is 13.7 Å². The van der Waals surface area contributed by atoms with Crippen molar-refractivity contribution in [1.82, 2.24) is 10.3 Å². The van der Waals surface area contributed by atoms with Gasteiger partial charge in [0.15, 0.2) is 0 Å². The number of amides is 1. The van der Waals surface area contributed by atoms with Gasteiger partial charge < -0.3 is 15.0 Å². The zero-order chi connectivity index (χ0) is 20.3. The van der Waals surface area contributed by atoms with Crippen LogP contribution in [0.25, 0.3) is 10.9 Å². The summed E-state index contributed by atoms with van der Waals surface area (Å²) in [6.07, 6.45) is 5.18. The molecule has 3 aromatic rings. The highest BCUT2D eigenvalue weighted by molar-refractivity contribution is 5.86. The lowest BCUT2D eigenvalue weighted by atomic mass is 9.86. The molecule has 1 fully saturated rings. The molecule has 4 rings (SSSR count). The van der Waals surface area contributed by atoms with Crippen molar-refractivity contribution in [2.45, 2.75) is 31.6 Å². The van der Waals surface area contributed by atoms with Crippen LogP contribution in [0.5, 0.6) is 5.75 Å². The molecule has 1 amide bonds. The first-order chi connectivity index (χ1) is 14.2. The quantitative estimate of drug-likeness (QED) is 0.653. The van der Waals surface area contributed by atoms with E-state index < -0.39 is 5.41 Å². The predicted molar refractivity (Wildman–Crippen MR) is 113 cm³/mol. The van der Waals surface area contributed by atoms with E-state index in [1.807, 2.05) is 48.7 Å². The van der Waals surface area contributed by atoms with E-state index in [9.17, 15) is 10.1 Å². The number of carbonyl (C=O) groups is 1. The van der Waals surface area contributed by atoms with Crippen LogP contribution in [-0.2, 0) is 4.79 Å². The Morgan fingerprint density at radius 3 is 2.62 bits per heavy atom. The van der Waals surface area contributed by atoms with Crippen LogP contribution in [0.1, 0.15) is 42.7 Å². The second-order valence-corrected chi connectivity index (χ2v) is 7.73. The fraction of sp³-hybridized carbons (Fsp3) is 0.333. The van der Waals surface area contributed by atoms with Gasteiger partial charge in [0.05, 0.1) is 13.2 Å². The van der Waals surface area contributed by atoms with E-state index in [0.29, 0.717) is 19.4 Å². The minimum absolute atomic E-state index is 0.0295. The van der Waals surface area contributed by atoms with Gasteiger partial charge in [-0.3, -0.25) is 4.79 Å². The molecule has 0 saturated heterocycles. The first kappa shape index (κ1) is 19.1. The van der Waals surface area contributed by atoms with Gasteiger partial charge in [0.1, 0.15) is 11.2 Å². The molecule has 2 N–H and O–H groups in total. The number of rotatable bonds is 6. The molecule has 0 radical (unpaired) electrons. The number of nitrogens with one attached hydrogen (secondary N) is 2. The van der Waals surface area contributed by atoms with Crippen LogP contribution >= 0.6 is 0 Å². The first-order valence-corrected chi connectivity index (χ1v) is 10.1. The topological polar surface area (TPSA) is 77.9 Å². The number of nitriles is 1. The molecule has 1 saturated carbocycles. The van der Waals surface area contributed by atoms with Crippen LogP contribution in [0.2, 0.25) is 0 Å². The zero-order valence-corrected chi connectivity index (χ0v) is 16.6. The van der Waals surface area contributed by atoms with Crippen molar-refractivity contribution in [2.24, 2.45) is 5.41 Å². The summed E-state index contributed by atoms with van der Waals surface area (Å²) < 4.78 is 5.29.